The van der Waals surface area contributed by atoms with Gasteiger partial charge in [0, 0.05) is 39.4 Å². The number of benzene rings is 12. The van der Waals surface area contributed by atoms with Crippen LogP contribution in [0.2, 0.25) is 0 Å². The first kappa shape index (κ1) is 52.3. The van der Waals surface area contributed by atoms with E-state index in [0.717, 1.165) is 67.4 Å². The zero-order valence-electron chi connectivity index (χ0n) is 48.3. The van der Waals surface area contributed by atoms with Gasteiger partial charge in [0.05, 0.1) is 39.6 Å². The maximum Gasteiger partial charge on any atom is 0.166 e. The van der Waals surface area contributed by atoms with E-state index in [0.29, 0.717) is 17.5 Å². The van der Waals surface area contributed by atoms with Gasteiger partial charge in [-0.2, -0.15) is 0 Å². The van der Waals surface area contributed by atoms with E-state index in [1.165, 1.54) is 38.9 Å². The van der Waals surface area contributed by atoms with Crippen molar-refractivity contribution >= 4 is 28.4 Å². The first-order valence-corrected chi connectivity index (χ1v) is 30.4. The molecular formula is C83H59N5. The molecule has 416 valence electrons. The minimum Gasteiger partial charge on any atom is -0.332 e. The Hall–Kier alpha value is -11.3. The fraction of sp³-hybridized carbons (Fsp3) is 0.0482. The molecule has 0 spiro atoms. The number of para-hydroxylation sites is 5. The monoisotopic (exact) mass is 1130 g/mol. The van der Waals surface area contributed by atoms with Crippen LogP contribution in [-0.4, -0.2) is 21.0 Å². The molecule has 0 fully saturated rings. The summed E-state index contributed by atoms with van der Waals surface area (Å²) in [6.45, 7) is 0. The van der Waals surface area contributed by atoms with Crippen LogP contribution < -0.4 is 9.80 Å². The SMILES string of the molecule is C1=CC2C(C=C1)C(c1ccccc1)(c1ccccc1)c1ccccc1N2c1c(-c2ccccc2)cccc1-c1nc(-c2ccccc2)nc(-c2cccc(-c3ccccc3)c2N2c3ccccc3C(c3ccccc3)(c3ccccc3)c3ccccc32)n1. The minimum atomic E-state index is -0.674. The number of hydrogen-bond acceptors (Lipinski definition) is 5. The van der Waals surface area contributed by atoms with Gasteiger partial charge in [0.2, 0.25) is 0 Å². The molecule has 2 atom stereocenters. The van der Waals surface area contributed by atoms with Crippen LogP contribution in [-0.2, 0) is 10.8 Å². The number of hydrogen-bond donors (Lipinski definition) is 0. The molecule has 0 N–H and O–H groups in total. The Labute approximate surface area is 514 Å². The van der Waals surface area contributed by atoms with Gasteiger partial charge >= 0.3 is 0 Å². The molecule has 1 aliphatic carbocycles. The Bertz CT molecular complexity index is 4610. The molecule has 3 heterocycles. The largest absolute Gasteiger partial charge is 0.332 e. The molecule has 1 aromatic heterocycles. The fourth-order valence-corrected chi connectivity index (χ4v) is 14.8. The highest BCUT2D eigenvalue weighted by Crippen LogP contribution is 2.62. The Balaban J connectivity index is 0.984. The molecule has 0 bridgehead atoms. The topological polar surface area (TPSA) is 45.2 Å². The van der Waals surface area contributed by atoms with Crippen molar-refractivity contribution in [3.63, 3.8) is 0 Å². The zero-order chi connectivity index (χ0) is 58.4. The number of allylic oxidation sites excluding steroid dienone is 2. The van der Waals surface area contributed by atoms with Crippen molar-refractivity contribution in [3.8, 4) is 56.4 Å². The van der Waals surface area contributed by atoms with Gasteiger partial charge in [-0.05, 0) is 80.4 Å². The average Bonchev–Trinajstić information content (AvgIpc) is 0.738. The Morgan fingerprint density at radius 2 is 0.636 bits per heavy atom. The maximum atomic E-state index is 5.89. The summed E-state index contributed by atoms with van der Waals surface area (Å²) in [5.74, 6) is 1.63. The van der Waals surface area contributed by atoms with Crippen LogP contribution in [0.25, 0.3) is 56.4 Å². The van der Waals surface area contributed by atoms with Gasteiger partial charge in [0.1, 0.15) is 0 Å². The molecule has 88 heavy (non-hydrogen) atoms. The molecular weight excluding hydrogens is 1070 g/mol. The predicted octanol–water partition coefficient (Wildman–Crippen LogP) is 20.0. The molecule has 0 saturated heterocycles. The van der Waals surface area contributed by atoms with Crippen molar-refractivity contribution in [2.75, 3.05) is 9.80 Å². The van der Waals surface area contributed by atoms with Crippen molar-refractivity contribution in [1.82, 2.24) is 15.0 Å². The van der Waals surface area contributed by atoms with Gasteiger partial charge in [-0.15, -0.1) is 0 Å². The van der Waals surface area contributed by atoms with Crippen molar-refractivity contribution in [2.45, 2.75) is 16.9 Å². The second kappa shape index (κ2) is 22.0. The molecule has 3 aliphatic rings. The standard InChI is InChI=1S/C83H59N5/c1-8-32-58(33-9-1)65-46-30-48-67(77(65)87-73-54-26-22-50-69(73)82(61-38-14-4-15-39-61,62-40-16-5-17-41-62)70-51-23-27-55-74(70)87)80-84-79(60-36-12-3-13-37-60)85-81(86-80)68-49-31-47-66(59-34-10-2-11-35-59)78(68)88-75-56-28-24-52-71(75)83(63-42-18-6-19-43-63,64-44-20-7-21-45-64)72-53-25-29-57-76(72)88/h1-57,69,73H. The van der Waals surface area contributed by atoms with Gasteiger partial charge in [-0.1, -0.05) is 315 Å². The number of nitrogens with zero attached hydrogens (tertiary/aromatic N) is 5. The minimum absolute atomic E-state index is 0.0521. The number of aromatic nitrogens is 3. The van der Waals surface area contributed by atoms with Crippen LogP contribution in [0.5, 0.6) is 0 Å². The van der Waals surface area contributed by atoms with E-state index >= 15 is 0 Å². The molecule has 0 saturated carbocycles. The van der Waals surface area contributed by atoms with Gasteiger partial charge in [0.15, 0.2) is 17.5 Å². The Morgan fingerprint density at radius 3 is 1.14 bits per heavy atom. The quantitative estimate of drug-likeness (QED) is 0.129. The summed E-state index contributed by atoms with van der Waals surface area (Å²) in [5, 5.41) is 0. The third kappa shape index (κ3) is 8.34. The van der Waals surface area contributed by atoms with Gasteiger partial charge in [-0.25, -0.2) is 15.0 Å². The van der Waals surface area contributed by atoms with Gasteiger partial charge in [-0.3, -0.25) is 0 Å². The molecule has 2 aliphatic heterocycles. The number of anilines is 5. The van der Waals surface area contributed by atoms with Crippen LogP contribution in [0.3, 0.4) is 0 Å². The first-order valence-electron chi connectivity index (χ1n) is 30.4. The summed E-state index contributed by atoms with van der Waals surface area (Å²) in [7, 11) is 0. The summed E-state index contributed by atoms with van der Waals surface area (Å²) in [4.78, 5) is 22.3. The van der Waals surface area contributed by atoms with Crippen molar-refractivity contribution in [2.24, 2.45) is 5.92 Å². The average molecular weight is 1130 g/mol. The second-order valence-corrected chi connectivity index (χ2v) is 22.9. The highest BCUT2D eigenvalue weighted by molar-refractivity contribution is 6.01. The third-order valence-corrected chi connectivity index (χ3v) is 18.3. The Kier molecular flexibility index (Phi) is 13.1. The van der Waals surface area contributed by atoms with E-state index in [4.69, 9.17) is 15.0 Å². The summed E-state index contributed by atoms with van der Waals surface area (Å²) < 4.78 is 0. The maximum absolute atomic E-state index is 5.89. The van der Waals surface area contributed by atoms with Crippen LogP contribution >= 0.6 is 0 Å². The summed E-state index contributed by atoms with van der Waals surface area (Å²) in [6.07, 6.45) is 9.31. The third-order valence-electron chi connectivity index (χ3n) is 18.3. The number of fused-ring (bicyclic) bond motifs is 4. The van der Waals surface area contributed by atoms with Crippen LogP contribution in [0.15, 0.2) is 346 Å². The van der Waals surface area contributed by atoms with Gasteiger partial charge in [0.25, 0.3) is 0 Å². The molecule has 2 unspecified atom stereocenters. The fourth-order valence-electron chi connectivity index (χ4n) is 14.8. The molecule has 13 aromatic rings. The van der Waals surface area contributed by atoms with Crippen LogP contribution in [0.1, 0.15) is 38.9 Å². The second-order valence-electron chi connectivity index (χ2n) is 22.9. The highest BCUT2D eigenvalue weighted by Gasteiger charge is 2.53. The van der Waals surface area contributed by atoms with E-state index in [1.54, 1.807) is 0 Å². The zero-order valence-corrected chi connectivity index (χ0v) is 48.3. The summed E-state index contributed by atoms with van der Waals surface area (Å²) in [5.41, 5.74) is 19.3. The molecule has 5 heteroatoms. The van der Waals surface area contributed by atoms with Crippen molar-refractivity contribution in [1.29, 1.82) is 0 Å². The van der Waals surface area contributed by atoms with E-state index in [2.05, 4.69) is 350 Å². The van der Waals surface area contributed by atoms with Crippen LogP contribution in [0, 0.1) is 5.92 Å². The normalized spacial score (nSPS) is 15.8. The van der Waals surface area contributed by atoms with E-state index in [-0.39, 0.29) is 12.0 Å². The van der Waals surface area contributed by atoms with E-state index < -0.39 is 10.8 Å². The predicted molar refractivity (Wildman–Crippen MR) is 360 cm³/mol. The highest BCUT2D eigenvalue weighted by atomic mass is 15.2. The number of rotatable bonds is 11. The molecule has 0 radical (unpaired) electrons. The molecule has 5 nitrogen and oxygen atoms in total. The molecule has 0 amide bonds. The first-order chi connectivity index (χ1) is 43.7. The molecule has 12 aromatic carbocycles. The lowest BCUT2D eigenvalue weighted by Gasteiger charge is -2.54. The smallest absolute Gasteiger partial charge is 0.166 e. The lowest BCUT2D eigenvalue weighted by Crippen LogP contribution is -2.53. The molecule has 16 rings (SSSR count). The summed E-state index contributed by atoms with van der Waals surface area (Å²) >= 11 is 0. The lowest BCUT2D eigenvalue weighted by molar-refractivity contribution is 0.385. The van der Waals surface area contributed by atoms with Gasteiger partial charge < -0.3 is 9.80 Å². The lowest BCUT2D eigenvalue weighted by atomic mass is 9.56. The van der Waals surface area contributed by atoms with E-state index in [1.807, 2.05) is 6.07 Å². The summed E-state index contributed by atoms with van der Waals surface area (Å²) in [6, 6.07) is 116. The van der Waals surface area contributed by atoms with Crippen molar-refractivity contribution in [3.05, 3.63) is 385 Å². The van der Waals surface area contributed by atoms with E-state index in [9.17, 15) is 0 Å². The van der Waals surface area contributed by atoms with Crippen molar-refractivity contribution < 1.29 is 0 Å². The van der Waals surface area contributed by atoms with Crippen LogP contribution in [0.4, 0.5) is 28.4 Å². The Morgan fingerprint density at radius 1 is 0.273 bits per heavy atom.